The predicted molar refractivity (Wildman–Crippen MR) is 137 cm³/mol. The van der Waals surface area contributed by atoms with Crippen molar-refractivity contribution in [3.05, 3.63) is 71.6 Å². The van der Waals surface area contributed by atoms with Crippen molar-refractivity contribution >= 4 is 22.6 Å². The third-order valence-electron chi connectivity index (χ3n) is 5.15. The lowest BCUT2D eigenvalue weighted by Gasteiger charge is -2.18. The van der Waals surface area contributed by atoms with E-state index in [1.165, 1.54) is 0 Å². The van der Waals surface area contributed by atoms with Crippen LogP contribution in [0.1, 0.15) is 31.1 Å². The summed E-state index contributed by atoms with van der Waals surface area (Å²) in [6.07, 6.45) is 0. The highest BCUT2D eigenvalue weighted by atomic mass is 16.4. The summed E-state index contributed by atoms with van der Waals surface area (Å²) in [5.41, 5.74) is 4.44. The lowest BCUT2D eigenvalue weighted by atomic mass is 9.90. The van der Waals surface area contributed by atoms with Crippen molar-refractivity contribution in [1.29, 1.82) is 0 Å². The first-order valence-electron chi connectivity index (χ1n) is 11.1. The number of aromatic carboxylic acids is 1. The zero-order valence-corrected chi connectivity index (χ0v) is 20.5. The van der Waals surface area contributed by atoms with Gasteiger partial charge in [0.15, 0.2) is 0 Å². The Balaban J connectivity index is 0.000000709. The number of carboxylic acid groups (broad SMARTS) is 1. The van der Waals surface area contributed by atoms with Gasteiger partial charge in [-0.05, 0) is 35.7 Å². The summed E-state index contributed by atoms with van der Waals surface area (Å²) in [6, 6.07) is 19.1. The minimum Gasteiger partial charge on any atom is -0.478 e. The van der Waals surface area contributed by atoms with E-state index < -0.39 is 5.97 Å². The summed E-state index contributed by atoms with van der Waals surface area (Å²) in [5.74, 6) is 0.604. The maximum absolute atomic E-state index is 11.9. The summed E-state index contributed by atoms with van der Waals surface area (Å²) in [4.78, 5) is 13.9. The summed E-state index contributed by atoms with van der Waals surface area (Å²) in [7, 11) is 7.92. The second-order valence-electron chi connectivity index (χ2n) is 9.21. The molecule has 0 atom stereocenters. The normalized spacial score (nSPS) is 10.8. The fourth-order valence-electron chi connectivity index (χ4n) is 3.60. The average Bonchev–Trinajstić information content (AvgIpc) is 2.76. The van der Waals surface area contributed by atoms with Gasteiger partial charge in [-0.3, -0.25) is 0 Å². The molecule has 0 spiro atoms. The molecule has 0 aromatic heterocycles. The molecule has 2 aromatic rings. The molecule has 4 rings (SSSR count). The summed E-state index contributed by atoms with van der Waals surface area (Å²) in [6.45, 7) is 6.50. The second-order valence-corrected chi connectivity index (χ2v) is 9.21. The second kappa shape index (κ2) is 9.90. The van der Waals surface area contributed by atoms with Crippen molar-refractivity contribution < 1.29 is 14.3 Å². The van der Waals surface area contributed by atoms with Gasteiger partial charge in [-0.1, -0.05) is 39.0 Å². The van der Waals surface area contributed by atoms with Crippen LogP contribution in [-0.2, 0) is 0 Å². The van der Waals surface area contributed by atoms with Gasteiger partial charge in [0, 0.05) is 48.4 Å². The third-order valence-corrected chi connectivity index (χ3v) is 5.15. The summed E-state index contributed by atoms with van der Waals surface area (Å²) >= 11 is 0. The van der Waals surface area contributed by atoms with Crippen molar-refractivity contribution in [3.8, 4) is 22.5 Å². The quantitative estimate of drug-likeness (QED) is 0.326. The van der Waals surface area contributed by atoms with Crippen LogP contribution in [0.5, 0.6) is 0 Å². The number of hydrogen-bond acceptors (Lipinski definition) is 3. The van der Waals surface area contributed by atoms with E-state index in [0.717, 1.165) is 44.8 Å². The average molecular weight is 446 g/mol. The number of anilines is 1. The van der Waals surface area contributed by atoms with Crippen LogP contribution >= 0.6 is 0 Å². The number of benzene rings is 3. The van der Waals surface area contributed by atoms with Gasteiger partial charge in [0.05, 0.1) is 11.6 Å². The van der Waals surface area contributed by atoms with E-state index in [0.29, 0.717) is 5.56 Å². The molecule has 0 saturated heterocycles. The van der Waals surface area contributed by atoms with Crippen molar-refractivity contribution in [2.75, 3.05) is 33.1 Å². The fraction of sp³-hybridized carbons (Fsp3) is 0.286. The largest absolute Gasteiger partial charge is 0.478 e. The molecule has 2 aromatic carbocycles. The molecule has 1 heterocycles. The molecule has 2 aliphatic rings. The molecule has 0 fully saturated rings. The lowest BCUT2D eigenvalue weighted by Crippen LogP contribution is -2.21. The minimum absolute atomic E-state index is 0.273. The van der Waals surface area contributed by atoms with Crippen molar-refractivity contribution in [2.45, 2.75) is 20.8 Å². The number of fused-ring (bicyclic) bond motifs is 2. The molecule has 0 saturated carbocycles. The summed E-state index contributed by atoms with van der Waals surface area (Å²) in [5, 5.41) is 11.7. The fourth-order valence-corrected chi connectivity index (χ4v) is 3.60. The van der Waals surface area contributed by atoms with Crippen LogP contribution in [0.25, 0.3) is 33.4 Å². The number of carbonyl (C=O) groups is 1. The van der Waals surface area contributed by atoms with Crippen LogP contribution in [-0.4, -0.2) is 39.3 Å². The monoisotopic (exact) mass is 445 g/mol. The van der Waals surface area contributed by atoms with Crippen LogP contribution in [0.4, 0.5) is 5.69 Å². The Morgan fingerprint density at radius 1 is 0.939 bits per heavy atom. The number of rotatable bonds is 3. The first-order chi connectivity index (χ1) is 15.6. The molecule has 172 valence electrons. The van der Waals surface area contributed by atoms with Gasteiger partial charge in [-0.25, -0.2) is 9.37 Å². The van der Waals surface area contributed by atoms with Gasteiger partial charge >= 0.3 is 5.97 Å². The van der Waals surface area contributed by atoms with Gasteiger partial charge in [-0.15, -0.1) is 0 Å². The van der Waals surface area contributed by atoms with Crippen molar-refractivity contribution in [2.24, 2.45) is 5.92 Å². The Kier molecular flexibility index (Phi) is 7.22. The SMILES string of the molecule is CC(C)C.CN(C)c1ccc2c(-c3ccccc3C(=O)O)c3ccc(=[N+](C)C)cc-3oc2c1. The Labute approximate surface area is 195 Å². The molecule has 1 aliphatic heterocycles. The molecular weight excluding hydrogens is 412 g/mol. The van der Waals surface area contributed by atoms with Gasteiger partial charge in [0.1, 0.15) is 25.4 Å². The highest BCUT2D eigenvalue weighted by Crippen LogP contribution is 2.41. The van der Waals surface area contributed by atoms with Gasteiger partial charge < -0.3 is 14.4 Å². The van der Waals surface area contributed by atoms with Crippen LogP contribution in [0.15, 0.2) is 65.1 Å². The standard InChI is InChI=1S/C24H22N2O3.C4H10/c1-25(2)15-9-11-19-21(13-15)29-22-14-16(26(3)4)10-12-20(22)23(19)17-7-5-6-8-18(17)24(27)28;1-4(2)3/h5-14H,1-4H3;4H,1-3H3/p+1. The maximum Gasteiger partial charge on any atom is 0.336 e. The smallest absolute Gasteiger partial charge is 0.336 e. The number of nitrogens with zero attached hydrogens (tertiary/aromatic N) is 2. The van der Waals surface area contributed by atoms with E-state index in [-0.39, 0.29) is 5.56 Å². The Morgan fingerprint density at radius 3 is 2.21 bits per heavy atom. The van der Waals surface area contributed by atoms with Crippen LogP contribution in [0, 0.1) is 5.92 Å². The third kappa shape index (κ3) is 5.25. The van der Waals surface area contributed by atoms with E-state index in [1.807, 2.05) is 86.2 Å². The first-order valence-corrected chi connectivity index (χ1v) is 11.1. The molecule has 0 radical (unpaired) electrons. The Hall–Kier alpha value is -3.60. The molecule has 0 amide bonds. The van der Waals surface area contributed by atoms with E-state index in [2.05, 4.69) is 20.8 Å². The Bertz CT molecular complexity index is 1330. The molecule has 5 heteroatoms. The van der Waals surface area contributed by atoms with E-state index >= 15 is 0 Å². The zero-order valence-electron chi connectivity index (χ0n) is 20.5. The summed E-state index contributed by atoms with van der Waals surface area (Å²) < 4.78 is 8.30. The maximum atomic E-state index is 11.9. The molecule has 1 aliphatic carbocycles. The predicted octanol–water partition coefficient (Wildman–Crippen LogP) is 5.66. The van der Waals surface area contributed by atoms with Gasteiger partial charge in [0.25, 0.3) is 0 Å². The topological polar surface area (TPSA) is 56.7 Å². The van der Waals surface area contributed by atoms with E-state index in [1.54, 1.807) is 12.1 Å². The zero-order chi connectivity index (χ0) is 24.3. The number of carboxylic acids is 1. The molecular formula is C28H33N2O3+. The molecule has 5 nitrogen and oxygen atoms in total. The molecule has 1 N–H and O–H groups in total. The van der Waals surface area contributed by atoms with Crippen molar-refractivity contribution in [3.63, 3.8) is 0 Å². The highest BCUT2D eigenvalue weighted by Gasteiger charge is 2.22. The highest BCUT2D eigenvalue weighted by molar-refractivity contribution is 6.07. The molecule has 0 unspecified atom stereocenters. The number of hydrogen-bond donors (Lipinski definition) is 1. The van der Waals surface area contributed by atoms with Gasteiger partial charge in [-0.2, -0.15) is 0 Å². The minimum atomic E-state index is -0.947. The van der Waals surface area contributed by atoms with E-state index in [4.69, 9.17) is 4.42 Å². The van der Waals surface area contributed by atoms with Crippen LogP contribution < -0.4 is 14.8 Å². The molecule has 33 heavy (non-hydrogen) atoms. The Morgan fingerprint density at radius 2 is 1.61 bits per heavy atom. The van der Waals surface area contributed by atoms with Crippen LogP contribution in [0.2, 0.25) is 0 Å². The van der Waals surface area contributed by atoms with E-state index in [9.17, 15) is 9.90 Å². The first kappa shape index (κ1) is 24.1. The van der Waals surface area contributed by atoms with Crippen molar-refractivity contribution in [1.82, 2.24) is 4.58 Å². The van der Waals surface area contributed by atoms with Gasteiger partial charge in [0.2, 0.25) is 5.36 Å². The lowest BCUT2D eigenvalue weighted by molar-refractivity contribution is 0.0697. The van der Waals surface area contributed by atoms with Crippen LogP contribution in [0.3, 0.4) is 0 Å². The molecule has 0 bridgehead atoms.